The maximum absolute atomic E-state index is 11.2. The molecule has 0 spiro atoms. The predicted molar refractivity (Wildman–Crippen MR) is 67.8 cm³/mol. The van der Waals surface area contributed by atoms with E-state index in [1.807, 2.05) is 30.5 Å². The highest BCUT2D eigenvalue weighted by atomic mass is 35.5. The van der Waals surface area contributed by atoms with Crippen LogP contribution in [0.5, 0.6) is 0 Å². The normalized spacial score (nSPS) is 11.4. The number of anilines is 1. The summed E-state index contributed by atoms with van der Waals surface area (Å²) < 4.78 is 0. The van der Waals surface area contributed by atoms with Crippen LogP contribution < -0.4 is 11.1 Å². The Labute approximate surface area is 100 Å². The van der Waals surface area contributed by atoms with Crippen LogP contribution in [0.3, 0.4) is 0 Å². The number of amides is 1. The molecule has 0 radical (unpaired) electrons. The number of carbonyl (C=O) groups excluding carboxylic acids is 1. The first-order chi connectivity index (χ1) is 6.63. The van der Waals surface area contributed by atoms with Gasteiger partial charge in [-0.15, -0.1) is 24.2 Å². The molecular weight excluding hydrogens is 232 g/mol. The zero-order chi connectivity index (χ0) is 10.6. The zero-order valence-electron chi connectivity index (χ0n) is 8.69. The number of rotatable bonds is 3. The molecule has 0 aliphatic carbocycles. The smallest absolute Gasteiger partial charge is 0.240 e. The second kappa shape index (κ2) is 6.71. The van der Waals surface area contributed by atoms with Gasteiger partial charge in [-0.3, -0.25) is 4.79 Å². The average molecular weight is 247 g/mol. The lowest BCUT2D eigenvalue weighted by Gasteiger charge is -2.07. The Hall–Kier alpha value is -0.710. The van der Waals surface area contributed by atoms with Gasteiger partial charge in [-0.2, -0.15) is 0 Å². The van der Waals surface area contributed by atoms with Crippen molar-refractivity contribution in [3.63, 3.8) is 0 Å². The molecule has 0 aliphatic rings. The first-order valence-electron chi connectivity index (χ1n) is 4.34. The van der Waals surface area contributed by atoms with Crippen LogP contribution in [0.15, 0.2) is 29.2 Å². The predicted octanol–water partition coefficient (Wildman–Crippen LogP) is 2.12. The Bertz CT molecular complexity index is 314. The first-order valence-corrected chi connectivity index (χ1v) is 5.56. The lowest BCUT2D eigenvalue weighted by Crippen LogP contribution is -2.32. The summed E-state index contributed by atoms with van der Waals surface area (Å²) >= 11 is 1.67. The Morgan fingerprint density at radius 2 is 1.93 bits per heavy atom. The molecule has 0 aliphatic heterocycles. The largest absolute Gasteiger partial charge is 0.325 e. The Kier molecular flexibility index (Phi) is 6.40. The molecule has 0 aromatic heterocycles. The number of nitrogens with two attached hydrogens (primary N) is 1. The van der Waals surface area contributed by atoms with Crippen molar-refractivity contribution in [1.29, 1.82) is 0 Å². The van der Waals surface area contributed by atoms with Gasteiger partial charge in [0.15, 0.2) is 0 Å². The van der Waals surface area contributed by atoms with Crippen LogP contribution in [0.25, 0.3) is 0 Å². The number of carbonyl (C=O) groups is 1. The van der Waals surface area contributed by atoms with E-state index in [1.54, 1.807) is 18.7 Å². The minimum absolute atomic E-state index is 0. The molecule has 15 heavy (non-hydrogen) atoms. The fourth-order valence-electron chi connectivity index (χ4n) is 0.930. The molecule has 1 atom stereocenters. The summed E-state index contributed by atoms with van der Waals surface area (Å²) in [4.78, 5) is 12.4. The molecule has 3 N–H and O–H groups in total. The fourth-order valence-corrected chi connectivity index (χ4v) is 1.34. The van der Waals surface area contributed by atoms with Gasteiger partial charge in [0, 0.05) is 10.6 Å². The van der Waals surface area contributed by atoms with Crippen molar-refractivity contribution in [3.8, 4) is 0 Å². The van der Waals surface area contributed by atoms with Gasteiger partial charge in [0.1, 0.15) is 0 Å². The van der Waals surface area contributed by atoms with Gasteiger partial charge in [-0.1, -0.05) is 0 Å². The average Bonchev–Trinajstić information content (AvgIpc) is 2.19. The van der Waals surface area contributed by atoms with Crippen molar-refractivity contribution in [3.05, 3.63) is 24.3 Å². The molecule has 0 heterocycles. The van der Waals surface area contributed by atoms with Crippen LogP contribution >= 0.6 is 24.2 Å². The minimum Gasteiger partial charge on any atom is -0.325 e. The van der Waals surface area contributed by atoms with E-state index in [0.717, 1.165) is 5.69 Å². The molecule has 84 valence electrons. The third-order valence-corrected chi connectivity index (χ3v) is 2.51. The van der Waals surface area contributed by atoms with Crippen molar-refractivity contribution in [1.82, 2.24) is 0 Å². The summed E-state index contributed by atoms with van der Waals surface area (Å²) in [5.74, 6) is -0.165. The van der Waals surface area contributed by atoms with E-state index in [2.05, 4.69) is 5.32 Å². The minimum atomic E-state index is -0.477. The molecule has 5 heteroatoms. The molecule has 1 rings (SSSR count). The highest BCUT2D eigenvalue weighted by Gasteiger charge is 2.06. The van der Waals surface area contributed by atoms with Crippen molar-refractivity contribution < 1.29 is 4.79 Å². The Morgan fingerprint density at radius 3 is 2.33 bits per heavy atom. The van der Waals surface area contributed by atoms with Crippen molar-refractivity contribution >= 4 is 35.8 Å². The summed E-state index contributed by atoms with van der Waals surface area (Å²) in [6.45, 7) is 1.66. The molecule has 0 saturated heterocycles. The Morgan fingerprint density at radius 1 is 1.40 bits per heavy atom. The van der Waals surface area contributed by atoms with E-state index in [-0.39, 0.29) is 18.3 Å². The molecule has 0 saturated carbocycles. The van der Waals surface area contributed by atoms with Crippen LogP contribution in [0.2, 0.25) is 0 Å². The summed E-state index contributed by atoms with van der Waals surface area (Å²) in [6, 6.07) is 7.18. The number of hydrogen-bond donors (Lipinski definition) is 2. The molecule has 1 amide bonds. The van der Waals surface area contributed by atoms with Gasteiger partial charge in [0.05, 0.1) is 6.04 Å². The van der Waals surface area contributed by atoms with Crippen LogP contribution in [0.1, 0.15) is 6.92 Å². The molecule has 0 fully saturated rings. The quantitative estimate of drug-likeness (QED) is 0.804. The van der Waals surface area contributed by atoms with Gasteiger partial charge in [-0.05, 0) is 37.4 Å². The van der Waals surface area contributed by atoms with E-state index >= 15 is 0 Å². The number of benzene rings is 1. The third kappa shape index (κ3) is 4.55. The molecule has 3 nitrogen and oxygen atoms in total. The maximum Gasteiger partial charge on any atom is 0.240 e. The topological polar surface area (TPSA) is 55.1 Å². The number of halogens is 1. The lowest BCUT2D eigenvalue weighted by atomic mass is 10.3. The first kappa shape index (κ1) is 14.3. The summed E-state index contributed by atoms with van der Waals surface area (Å²) in [6.07, 6.45) is 2.01. The van der Waals surface area contributed by atoms with Crippen LogP contribution in [-0.2, 0) is 4.79 Å². The number of nitrogens with one attached hydrogen (secondary N) is 1. The van der Waals surface area contributed by atoms with Crippen molar-refractivity contribution in [2.45, 2.75) is 17.9 Å². The molecule has 1 aromatic rings. The van der Waals surface area contributed by atoms with E-state index < -0.39 is 6.04 Å². The van der Waals surface area contributed by atoms with Gasteiger partial charge >= 0.3 is 0 Å². The second-order valence-corrected chi connectivity index (χ2v) is 3.89. The van der Waals surface area contributed by atoms with Crippen molar-refractivity contribution in [2.75, 3.05) is 11.6 Å². The van der Waals surface area contributed by atoms with Crippen LogP contribution in [0.4, 0.5) is 5.69 Å². The second-order valence-electron chi connectivity index (χ2n) is 3.01. The Balaban J connectivity index is 0.00000196. The SMILES string of the molecule is CSc1ccc(NC(=O)[C@H](C)N)cc1.Cl. The summed E-state index contributed by atoms with van der Waals surface area (Å²) in [5, 5.41) is 2.72. The highest BCUT2D eigenvalue weighted by molar-refractivity contribution is 7.98. The van der Waals surface area contributed by atoms with E-state index in [9.17, 15) is 4.79 Å². The monoisotopic (exact) mass is 246 g/mol. The van der Waals surface area contributed by atoms with Gasteiger partial charge in [0.25, 0.3) is 0 Å². The molecule has 0 unspecified atom stereocenters. The lowest BCUT2D eigenvalue weighted by molar-refractivity contribution is -0.117. The van der Waals surface area contributed by atoms with Crippen molar-refractivity contribution in [2.24, 2.45) is 5.73 Å². The van der Waals surface area contributed by atoms with Gasteiger partial charge in [0.2, 0.25) is 5.91 Å². The highest BCUT2D eigenvalue weighted by Crippen LogP contribution is 2.17. The third-order valence-electron chi connectivity index (χ3n) is 1.77. The molecular formula is C10H15ClN2OS. The fraction of sp³-hybridized carbons (Fsp3) is 0.300. The molecule has 0 bridgehead atoms. The summed E-state index contributed by atoms with van der Waals surface area (Å²) in [7, 11) is 0. The number of hydrogen-bond acceptors (Lipinski definition) is 3. The van der Waals surface area contributed by atoms with E-state index in [1.165, 1.54) is 4.90 Å². The van der Waals surface area contributed by atoms with Crippen LogP contribution in [-0.4, -0.2) is 18.2 Å². The standard InChI is InChI=1S/C10H14N2OS.ClH/c1-7(11)10(13)12-8-3-5-9(14-2)6-4-8;/h3-7H,11H2,1-2H3,(H,12,13);1H/t7-;/m0./s1. The zero-order valence-corrected chi connectivity index (χ0v) is 10.3. The maximum atomic E-state index is 11.2. The van der Waals surface area contributed by atoms with E-state index in [0.29, 0.717) is 0 Å². The van der Waals surface area contributed by atoms with Crippen LogP contribution in [0, 0.1) is 0 Å². The number of thioether (sulfide) groups is 1. The van der Waals surface area contributed by atoms with Gasteiger partial charge in [-0.25, -0.2) is 0 Å². The molecule has 1 aromatic carbocycles. The van der Waals surface area contributed by atoms with Gasteiger partial charge < -0.3 is 11.1 Å². The summed E-state index contributed by atoms with van der Waals surface area (Å²) in [5.41, 5.74) is 6.21. The van der Waals surface area contributed by atoms with E-state index in [4.69, 9.17) is 5.73 Å².